The third-order valence-corrected chi connectivity index (χ3v) is 4.19. The van der Waals surface area contributed by atoms with E-state index in [1.54, 1.807) is 0 Å². The number of nitrogens with two attached hydrogens (primary N) is 1. The van der Waals surface area contributed by atoms with Crippen LogP contribution in [-0.2, 0) is 6.42 Å². The Morgan fingerprint density at radius 3 is 2.82 bits per heavy atom. The Bertz CT molecular complexity index is 380. The van der Waals surface area contributed by atoms with Crippen molar-refractivity contribution in [2.75, 3.05) is 0 Å². The van der Waals surface area contributed by atoms with Gasteiger partial charge in [-0.25, -0.2) is 4.39 Å². The number of benzene rings is 1. The van der Waals surface area contributed by atoms with Crippen molar-refractivity contribution < 1.29 is 4.39 Å². The molecule has 0 radical (unpaired) electrons. The van der Waals surface area contributed by atoms with Crippen molar-refractivity contribution in [3.63, 3.8) is 0 Å². The number of hydrogen-bond acceptors (Lipinski definition) is 1. The van der Waals surface area contributed by atoms with Crippen molar-refractivity contribution in [2.45, 2.75) is 44.6 Å². The van der Waals surface area contributed by atoms with E-state index in [1.807, 2.05) is 12.1 Å². The van der Waals surface area contributed by atoms with Crippen LogP contribution in [0.4, 0.5) is 4.39 Å². The van der Waals surface area contributed by atoms with Gasteiger partial charge in [0.2, 0.25) is 0 Å². The van der Waals surface area contributed by atoms with Gasteiger partial charge < -0.3 is 5.73 Å². The molecule has 0 heterocycles. The second kappa shape index (κ2) is 5.96. The van der Waals surface area contributed by atoms with E-state index in [0.717, 1.165) is 19.3 Å². The Hall–Kier alpha value is -0.410. The van der Waals surface area contributed by atoms with Crippen LogP contribution in [-0.4, -0.2) is 6.04 Å². The van der Waals surface area contributed by atoms with Gasteiger partial charge in [-0.15, -0.1) is 0 Å². The molecule has 0 aliphatic heterocycles. The summed E-state index contributed by atoms with van der Waals surface area (Å²) in [5.74, 6) is 0.469. The molecule has 1 aliphatic rings. The van der Waals surface area contributed by atoms with Crippen LogP contribution in [0.5, 0.6) is 0 Å². The highest BCUT2D eigenvalue weighted by atomic mass is 79.9. The molecule has 1 fully saturated rings. The van der Waals surface area contributed by atoms with Crippen molar-refractivity contribution in [1.82, 2.24) is 0 Å². The van der Waals surface area contributed by atoms with E-state index in [0.29, 0.717) is 16.4 Å². The van der Waals surface area contributed by atoms with Gasteiger partial charge in [0.1, 0.15) is 5.82 Å². The standard InChI is InChI=1S/C14H19BrFN/c15-13-9-11(5-6-14(13)16)7-10-3-1-2-4-12(17)8-10/h5-6,9-10,12H,1-4,7-8,17H2. The van der Waals surface area contributed by atoms with Crippen LogP contribution in [0.2, 0.25) is 0 Å². The van der Waals surface area contributed by atoms with Gasteiger partial charge in [0.05, 0.1) is 4.47 Å². The third-order valence-electron chi connectivity index (χ3n) is 3.58. The van der Waals surface area contributed by atoms with E-state index < -0.39 is 0 Å². The van der Waals surface area contributed by atoms with Crippen LogP contribution in [0.25, 0.3) is 0 Å². The van der Waals surface area contributed by atoms with E-state index in [4.69, 9.17) is 5.73 Å². The summed E-state index contributed by atoms with van der Waals surface area (Å²) in [5.41, 5.74) is 7.27. The summed E-state index contributed by atoms with van der Waals surface area (Å²) < 4.78 is 13.7. The molecule has 2 rings (SSSR count). The number of rotatable bonds is 2. The lowest BCUT2D eigenvalue weighted by atomic mass is 9.91. The summed E-state index contributed by atoms with van der Waals surface area (Å²) in [7, 11) is 0. The molecular formula is C14H19BrFN. The minimum atomic E-state index is -0.189. The quantitative estimate of drug-likeness (QED) is 0.820. The smallest absolute Gasteiger partial charge is 0.137 e. The molecule has 0 aromatic heterocycles. The van der Waals surface area contributed by atoms with Gasteiger partial charge in [0.15, 0.2) is 0 Å². The van der Waals surface area contributed by atoms with E-state index in [-0.39, 0.29) is 5.82 Å². The molecule has 0 amide bonds. The lowest BCUT2D eigenvalue weighted by Crippen LogP contribution is -2.22. The lowest BCUT2D eigenvalue weighted by molar-refractivity contribution is 0.430. The van der Waals surface area contributed by atoms with E-state index in [1.165, 1.54) is 30.9 Å². The lowest BCUT2D eigenvalue weighted by Gasteiger charge is -2.17. The fraction of sp³-hybridized carbons (Fsp3) is 0.571. The zero-order valence-corrected chi connectivity index (χ0v) is 11.5. The van der Waals surface area contributed by atoms with Gasteiger partial charge in [-0.3, -0.25) is 0 Å². The Balaban J connectivity index is 2.01. The SMILES string of the molecule is NC1CCCCC(Cc2ccc(F)c(Br)c2)C1. The van der Waals surface area contributed by atoms with E-state index >= 15 is 0 Å². The molecule has 3 heteroatoms. The first kappa shape index (κ1) is 13.0. The molecular weight excluding hydrogens is 281 g/mol. The second-order valence-electron chi connectivity index (χ2n) is 5.10. The van der Waals surface area contributed by atoms with Gasteiger partial charge in [-0.1, -0.05) is 25.3 Å². The fourth-order valence-corrected chi connectivity index (χ4v) is 3.11. The Kier molecular flexibility index (Phi) is 4.57. The number of halogens is 2. The fourth-order valence-electron chi connectivity index (χ4n) is 2.69. The molecule has 0 bridgehead atoms. The zero-order chi connectivity index (χ0) is 12.3. The Morgan fingerprint density at radius 2 is 2.06 bits per heavy atom. The molecule has 2 N–H and O–H groups in total. The zero-order valence-electron chi connectivity index (χ0n) is 9.96. The molecule has 0 spiro atoms. The highest BCUT2D eigenvalue weighted by Crippen LogP contribution is 2.27. The van der Waals surface area contributed by atoms with Crippen LogP contribution in [0, 0.1) is 11.7 Å². The van der Waals surface area contributed by atoms with Crippen molar-refractivity contribution in [2.24, 2.45) is 11.7 Å². The molecule has 1 aliphatic carbocycles. The first-order chi connectivity index (χ1) is 8.15. The molecule has 1 nitrogen and oxygen atoms in total. The maximum Gasteiger partial charge on any atom is 0.137 e. The average Bonchev–Trinajstić information content (AvgIpc) is 2.48. The predicted molar refractivity (Wildman–Crippen MR) is 72.4 cm³/mol. The predicted octanol–water partition coefficient (Wildman–Crippen LogP) is 4.04. The molecule has 17 heavy (non-hydrogen) atoms. The Morgan fingerprint density at radius 1 is 1.29 bits per heavy atom. The van der Waals surface area contributed by atoms with Gasteiger partial charge in [0.25, 0.3) is 0 Å². The molecule has 1 aromatic rings. The first-order valence-electron chi connectivity index (χ1n) is 6.34. The molecule has 1 saturated carbocycles. The van der Waals surface area contributed by atoms with Crippen LogP contribution >= 0.6 is 15.9 Å². The van der Waals surface area contributed by atoms with Crippen LogP contribution in [0.3, 0.4) is 0 Å². The van der Waals surface area contributed by atoms with Crippen LogP contribution in [0.15, 0.2) is 22.7 Å². The summed E-state index contributed by atoms with van der Waals surface area (Å²) in [6.45, 7) is 0. The van der Waals surface area contributed by atoms with Gasteiger partial charge >= 0.3 is 0 Å². The second-order valence-corrected chi connectivity index (χ2v) is 5.95. The third kappa shape index (κ3) is 3.78. The topological polar surface area (TPSA) is 26.0 Å². The molecule has 2 atom stereocenters. The van der Waals surface area contributed by atoms with Crippen molar-refractivity contribution in [1.29, 1.82) is 0 Å². The first-order valence-corrected chi connectivity index (χ1v) is 7.14. The molecule has 0 saturated heterocycles. The summed E-state index contributed by atoms with van der Waals surface area (Å²) in [5, 5.41) is 0. The minimum absolute atomic E-state index is 0.189. The minimum Gasteiger partial charge on any atom is -0.328 e. The van der Waals surface area contributed by atoms with Gasteiger partial charge in [0, 0.05) is 6.04 Å². The van der Waals surface area contributed by atoms with Gasteiger partial charge in [-0.2, -0.15) is 0 Å². The van der Waals surface area contributed by atoms with Crippen molar-refractivity contribution in [3.05, 3.63) is 34.1 Å². The summed E-state index contributed by atoms with van der Waals surface area (Å²) >= 11 is 3.24. The summed E-state index contributed by atoms with van der Waals surface area (Å²) in [6, 6.07) is 5.67. The average molecular weight is 300 g/mol. The Labute approximate surface area is 111 Å². The largest absolute Gasteiger partial charge is 0.328 e. The molecule has 2 unspecified atom stereocenters. The maximum atomic E-state index is 13.1. The van der Waals surface area contributed by atoms with Crippen LogP contribution < -0.4 is 5.73 Å². The van der Waals surface area contributed by atoms with Crippen molar-refractivity contribution in [3.8, 4) is 0 Å². The summed E-state index contributed by atoms with van der Waals surface area (Å²) in [4.78, 5) is 0. The summed E-state index contributed by atoms with van der Waals surface area (Å²) in [6.07, 6.45) is 7.07. The van der Waals surface area contributed by atoms with E-state index in [9.17, 15) is 4.39 Å². The van der Waals surface area contributed by atoms with Crippen molar-refractivity contribution >= 4 is 15.9 Å². The highest BCUT2D eigenvalue weighted by Gasteiger charge is 2.18. The molecule has 94 valence electrons. The number of hydrogen-bond donors (Lipinski definition) is 1. The molecule has 1 aromatic carbocycles. The highest BCUT2D eigenvalue weighted by molar-refractivity contribution is 9.10. The monoisotopic (exact) mass is 299 g/mol. The van der Waals surface area contributed by atoms with Gasteiger partial charge in [-0.05, 0) is 58.8 Å². The maximum absolute atomic E-state index is 13.1. The normalized spacial score (nSPS) is 25.6. The van der Waals surface area contributed by atoms with Crippen LogP contribution in [0.1, 0.15) is 37.7 Å². The van der Waals surface area contributed by atoms with E-state index in [2.05, 4.69) is 15.9 Å².